The van der Waals surface area contributed by atoms with E-state index in [1.807, 2.05) is 0 Å². The number of carbonyl (C=O) groups is 1. The molecule has 2 aromatic rings. The van der Waals surface area contributed by atoms with Gasteiger partial charge in [0.05, 0.1) is 16.6 Å². The Balaban J connectivity index is 2.55. The van der Waals surface area contributed by atoms with Crippen LogP contribution in [0.1, 0.15) is 10.4 Å². The zero-order chi connectivity index (χ0) is 18.2. The number of rotatable bonds is 4. The topological polar surface area (TPSA) is 47.2 Å². The van der Waals surface area contributed by atoms with E-state index in [-0.39, 0.29) is 17.8 Å². The second-order valence-electron chi connectivity index (χ2n) is 5.31. The first kappa shape index (κ1) is 18.3. The number of alkyl halides is 3. The molecule has 1 amide bonds. The normalized spacial score (nSPS) is 11.8. The van der Waals surface area contributed by atoms with Gasteiger partial charge in [-0.05, 0) is 28.1 Å². The van der Waals surface area contributed by atoms with Gasteiger partial charge in [-0.3, -0.25) is 13.9 Å². The fourth-order valence-electron chi connectivity index (χ4n) is 2.45. The van der Waals surface area contributed by atoms with E-state index in [0.29, 0.717) is 20.4 Å². The lowest BCUT2D eigenvalue weighted by Gasteiger charge is -2.23. The highest BCUT2D eigenvalue weighted by Crippen LogP contribution is 2.26. The predicted molar refractivity (Wildman–Crippen MR) is 88.0 cm³/mol. The Labute approximate surface area is 144 Å². The lowest BCUT2D eigenvalue weighted by Crippen LogP contribution is -2.39. The molecule has 0 atom stereocenters. The summed E-state index contributed by atoms with van der Waals surface area (Å²) in [5.74, 6) is -0.794. The van der Waals surface area contributed by atoms with Crippen LogP contribution in [0, 0.1) is 0 Å². The number of benzene rings is 1. The first-order valence-electron chi connectivity index (χ1n) is 6.88. The molecule has 1 aromatic heterocycles. The van der Waals surface area contributed by atoms with E-state index < -0.39 is 18.6 Å². The molecule has 0 bridgehead atoms. The van der Waals surface area contributed by atoms with Gasteiger partial charge in [-0.15, -0.1) is 6.58 Å². The summed E-state index contributed by atoms with van der Waals surface area (Å²) in [7, 11) is 3.11. The van der Waals surface area contributed by atoms with Gasteiger partial charge in [0.25, 0.3) is 5.91 Å². The maximum Gasteiger partial charge on any atom is 0.406 e. The number of fused-ring (bicyclic) bond motifs is 1. The summed E-state index contributed by atoms with van der Waals surface area (Å²) in [4.78, 5) is 25.1. The molecule has 0 fully saturated rings. The molecule has 0 spiro atoms. The zero-order valence-corrected chi connectivity index (χ0v) is 14.6. The summed E-state index contributed by atoms with van der Waals surface area (Å²) in [6, 6.07) is 2.96. The van der Waals surface area contributed by atoms with E-state index in [0.717, 1.165) is 0 Å². The van der Waals surface area contributed by atoms with Crippen molar-refractivity contribution in [3.8, 4) is 0 Å². The Hall–Kier alpha value is -2.03. The maximum absolute atomic E-state index is 12.7. The van der Waals surface area contributed by atoms with Crippen molar-refractivity contribution in [3.05, 3.63) is 45.3 Å². The summed E-state index contributed by atoms with van der Waals surface area (Å²) >= 11 is 3.21. The summed E-state index contributed by atoms with van der Waals surface area (Å²) in [6.45, 7) is 1.77. The summed E-state index contributed by atoms with van der Waals surface area (Å²) in [6.07, 6.45) is -3.29. The molecule has 0 N–H and O–H groups in total. The van der Waals surface area contributed by atoms with Crippen molar-refractivity contribution < 1.29 is 18.0 Å². The highest BCUT2D eigenvalue weighted by atomic mass is 79.9. The molecule has 0 saturated carbocycles. The molecule has 0 unspecified atom stereocenters. The minimum atomic E-state index is -4.52. The number of nitrogens with zero attached hydrogens (tertiary/aromatic N) is 3. The number of aryl methyl sites for hydroxylation is 2. The Morgan fingerprint density at radius 3 is 2.33 bits per heavy atom. The van der Waals surface area contributed by atoms with Gasteiger partial charge in [0.1, 0.15) is 6.54 Å². The van der Waals surface area contributed by atoms with E-state index in [9.17, 15) is 22.8 Å². The van der Waals surface area contributed by atoms with Crippen molar-refractivity contribution in [2.45, 2.75) is 6.18 Å². The molecule has 1 heterocycles. The number of hydrogen-bond donors (Lipinski definition) is 0. The van der Waals surface area contributed by atoms with Crippen molar-refractivity contribution in [2.75, 3.05) is 13.1 Å². The molecular formula is C15H15BrF3N3O2. The van der Waals surface area contributed by atoms with Crippen LogP contribution in [0.2, 0.25) is 0 Å². The maximum atomic E-state index is 12.7. The Morgan fingerprint density at radius 2 is 1.83 bits per heavy atom. The lowest BCUT2D eigenvalue weighted by atomic mass is 10.1. The molecule has 0 aliphatic rings. The van der Waals surface area contributed by atoms with Crippen molar-refractivity contribution in [1.29, 1.82) is 0 Å². The predicted octanol–water partition coefficient (Wildman–Crippen LogP) is 2.83. The van der Waals surface area contributed by atoms with Crippen LogP contribution in [0.3, 0.4) is 0 Å². The van der Waals surface area contributed by atoms with Gasteiger partial charge >= 0.3 is 11.9 Å². The van der Waals surface area contributed by atoms with Gasteiger partial charge in [-0.25, -0.2) is 4.79 Å². The number of imidazole rings is 1. The van der Waals surface area contributed by atoms with Crippen molar-refractivity contribution >= 4 is 32.9 Å². The van der Waals surface area contributed by atoms with E-state index in [1.165, 1.54) is 28.3 Å². The molecular weight excluding hydrogens is 391 g/mol. The number of aromatic nitrogens is 2. The molecule has 24 heavy (non-hydrogen) atoms. The Bertz CT molecular complexity index is 867. The van der Waals surface area contributed by atoms with E-state index >= 15 is 0 Å². The monoisotopic (exact) mass is 405 g/mol. The third kappa shape index (κ3) is 3.40. The fourth-order valence-corrected chi connectivity index (χ4v) is 2.95. The first-order chi connectivity index (χ1) is 11.1. The highest BCUT2D eigenvalue weighted by Gasteiger charge is 2.33. The standard InChI is InChI=1S/C15H15BrF3N3O2/c1-4-5-22(8-15(17,18)19)13(23)9-6-11-12(7-10(9)16)21(3)14(24)20(11)2/h4,6-7H,1,5,8H2,2-3H3. The second-order valence-corrected chi connectivity index (χ2v) is 6.17. The van der Waals surface area contributed by atoms with E-state index in [1.54, 1.807) is 13.1 Å². The van der Waals surface area contributed by atoms with Crippen molar-refractivity contribution in [1.82, 2.24) is 14.0 Å². The minimum Gasteiger partial charge on any atom is -0.326 e. The van der Waals surface area contributed by atoms with Crippen molar-refractivity contribution in [2.24, 2.45) is 14.1 Å². The van der Waals surface area contributed by atoms with Gasteiger partial charge in [0.2, 0.25) is 0 Å². The number of halogens is 4. The Morgan fingerprint density at radius 1 is 1.29 bits per heavy atom. The first-order valence-corrected chi connectivity index (χ1v) is 7.68. The quantitative estimate of drug-likeness (QED) is 0.734. The molecule has 130 valence electrons. The van der Waals surface area contributed by atoms with Gasteiger partial charge in [0, 0.05) is 25.1 Å². The van der Waals surface area contributed by atoms with Gasteiger partial charge in [-0.2, -0.15) is 13.2 Å². The molecule has 5 nitrogen and oxygen atoms in total. The highest BCUT2D eigenvalue weighted by molar-refractivity contribution is 9.10. The van der Waals surface area contributed by atoms with Crippen LogP contribution < -0.4 is 5.69 Å². The average molecular weight is 406 g/mol. The van der Waals surface area contributed by atoms with Crippen LogP contribution in [-0.2, 0) is 14.1 Å². The summed E-state index contributed by atoms with van der Waals surface area (Å²) in [5, 5.41) is 0. The van der Waals surface area contributed by atoms with Crippen LogP contribution >= 0.6 is 15.9 Å². The van der Waals surface area contributed by atoms with Crippen LogP contribution in [0.15, 0.2) is 34.1 Å². The summed E-state index contributed by atoms with van der Waals surface area (Å²) in [5.41, 5.74) is 0.783. The number of amides is 1. The lowest BCUT2D eigenvalue weighted by molar-refractivity contribution is -0.139. The molecule has 0 aliphatic heterocycles. The Kier molecular flexibility index (Phi) is 4.93. The molecule has 9 heteroatoms. The average Bonchev–Trinajstić information content (AvgIpc) is 2.69. The van der Waals surface area contributed by atoms with E-state index in [2.05, 4.69) is 22.5 Å². The molecule has 0 radical (unpaired) electrons. The molecule has 1 aromatic carbocycles. The van der Waals surface area contributed by atoms with Crippen LogP contribution in [0.25, 0.3) is 11.0 Å². The zero-order valence-electron chi connectivity index (χ0n) is 13.0. The third-order valence-corrected chi connectivity index (χ3v) is 4.25. The van der Waals surface area contributed by atoms with Crippen molar-refractivity contribution in [3.63, 3.8) is 0 Å². The minimum absolute atomic E-state index is 0.0507. The SMILES string of the molecule is C=CCN(CC(F)(F)F)C(=O)c1cc2c(cc1Br)n(C)c(=O)n2C. The van der Waals surface area contributed by atoms with E-state index in [4.69, 9.17) is 0 Å². The summed E-state index contributed by atoms with van der Waals surface area (Å²) < 4.78 is 41.1. The third-order valence-electron chi connectivity index (χ3n) is 3.60. The largest absolute Gasteiger partial charge is 0.406 e. The van der Waals surface area contributed by atoms with Gasteiger partial charge in [-0.1, -0.05) is 6.08 Å². The smallest absolute Gasteiger partial charge is 0.326 e. The fraction of sp³-hybridized carbons (Fsp3) is 0.333. The van der Waals surface area contributed by atoms with Crippen LogP contribution in [0.5, 0.6) is 0 Å². The molecule has 2 rings (SSSR count). The number of carbonyl (C=O) groups excluding carboxylic acids is 1. The van der Waals surface area contributed by atoms with Gasteiger partial charge < -0.3 is 4.90 Å². The van der Waals surface area contributed by atoms with Crippen LogP contribution in [0.4, 0.5) is 13.2 Å². The number of hydrogen-bond acceptors (Lipinski definition) is 2. The van der Waals surface area contributed by atoms with Crippen LogP contribution in [-0.4, -0.2) is 39.2 Å². The molecule has 0 aliphatic carbocycles. The van der Waals surface area contributed by atoms with Gasteiger partial charge in [0.15, 0.2) is 0 Å². The molecule has 0 saturated heterocycles. The second kappa shape index (κ2) is 6.46.